The van der Waals surface area contributed by atoms with E-state index in [0.717, 1.165) is 17.3 Å². The Balaban J connectivity index is 2.19. The molecule has 0 fully saturated rings. The molecule has 0 unspecified atom stereocenters. The number of nitro benzene ring substituents is 1. The molecule has 2 rings (SSSR count). The van der Waals surface area contributed by atoms with Crippen LogP contribution in [0.5, 0.6) is 0 Å². The van der Waals surface area contributed by atoms with Crippen LogP contribution in [0.3, 0.4) is 0 Å². The molecule has 7 nitrogen and oxygen atoms in total. The molecule has 0 amide bonds. The molecule has 1 N–H and O–H groups in total. The highest BCUT2D eigenvalue weighted by atomic mass is 32.2. The maximum atomic E-state index is 12.4. The fourth-order valence-electron chi connectivity index (χ4n) is 2.31. The normalized spacial score (nSPS) is 10.7. The summed E-state index contributed by atoms with van der Waals surface area (Å²) >= 11 is 0. The Hall–Kier alpha value is -2.89. The van der Waals surface area contributed by atoms with Crippen LogP contribution in [0.25, 0.3) is 0 Å². The minimum Gasteiger partial charge on any atom is -0.377 e. The number of non-ortho nitro benzene ring substituents is 1. The molecular weight excluding hydrogens is 354 g/mol. The first-order chi connectivity index (χ1) is 12.2. The molecule has 0 aromatic heterocycles. The van der Waals surface area contributed by atoms with Crippen molar-refractivity contribution in [1.29, 1.82) is 0 Å². The second-order valence-corrected chi connectivity index (χ2v) is 7.48. The Morgan fingerprint density at radius 3 is 2.54 bits per heavy atom. The number of benzene rings is 2. The number of hydrogen-bond acceptors (Lipinski definition) is 5. The Kier molecular flexibility index (Phi) is 5.97. The lowest BCUT2D eigenvalue weighted by molar-refractivity contribution is -0.385. The molecule has 0 saturated carbocycles. The molecule has 2 aromatic rings. The predicted molar refractivity (Wildman–Crippen MR) is 101 cm³/mol. The van der Waals surface area contributed by atoms with Crippen LogP contribution in [-0.2, 0) is 10.0 Å². The highest BCUT2D eigenvalue weighted by Gasteiger charge is 2.19. The van der Waals surface area contributed by atoms with Crippen LogP contribution in [0.2, 0.25) is 0 Å². The molecular formula is C18H19N3O4S. The lowest BCUT2D eigenvalue weighted by Crippen LogP contribution is -2.24. The molecule has 8 heteroatoms. The summed E-state index contributed by atoms with van der Waals surface area (Å²) in [5.41, 5.74) is 1.86. The SMILES string of the molecule is Cc1ccc([N+](=O)[O-])cc1S(=O)(=O)NCC#Cc1ccccc1N(C)C. The van der Waals surface area contributed by atoms with Crippen LogP contribution in [0.1, 0.15) is 11.1 Å². The summed E-state index contributed by atoms with van der Waals surface area (Å²) in [5, 5.41) is 10.9. The van der Waals surface area contributed by atoms with Gasteiger partial charge in [-0.15, -0.1) is 0 Å². The Bertz CT molecular complexity index is 989. The number of rotatable bonds is 5. The summed E-state index contributed by atoms with van der Waals surface area (Å²) in [5.74, 6) is 5.71. The zero-order valence-electron chi connectivity index (χ0n) is 14.7. The molecule has 0 atom stereocenters. The van der Waals surface area contributed by atoms with Gasteiger partial charge in [-0.3, -0.25) is 10.1 Å². The second kappa shape index (κ2) is 7.99. The zero-order chi connectivity index (χ0) is 19.3. The Labute approximate surface area is 152 Å². The summed E-state index contributed by atoms with van der Waals surface area (Å²) in [7, 11) is -0.101. The molecule has 0 saturated heterocycles. The fourth-order valence-corrected chi connectivity index (χ4v) is 3.49. The monoisotopic (exact) mass is 373 g/mol. The maximum Gasteiger partial charge on any atom is 0.270 e. The highest BCUT2D eigenvalue weighted by Crippen LogP contribution is 2.21. The molecule has 0 radical (unpaired) electrons. The van der Waals surface area contributed by atoms with Crippen LogP contribution < -0.4 is 9.62 Å². The highest BCUT2D eigenvalue weighted by molar-refractivity contribution is 7.89. The maximum absolute atomic E-state index is 12.4. The lowest BCUT2D eigenvalue weighted by atomic mass is 10.1. The largest absolute Gasteiger partial charge is 0.377 e. The van der Waals surface area contributed by atoms with Crippen molar-refractivity contribution in [3.05, 3.63) is 63.7 Å². The predicted octanol–water partition coefficient (Wildman–Crippen LogP) is 2.30. The summed E-state index contributed by atoms with van der Waals surface area (Å²) in [4.78, 5) is 12.0. The second-order valence-electron chi connectivity index (χ2n) is 5.74. The quantitative estimate of drug-likeness (QED) is 0.493. The molecule has 0 spiro atoms. The van der Waals surface area contributed by atoms with Gasteiger partial charge in [-0.05, 0) is 24.6 Å². The van der Waals surface area contributed by atoms with Crippen LogP contribution in [0.4, 0.5) is 11.4 Å². The number of nitro groups is 1. The van der Waals surface area contributed by atoms with E-state index in [2.05, 4.69) is 16.6 Å². The van der Waals surface area contributed by atoms with E-state index in [0.29, 0.717) is 5.56 Å². The number of anilines is 1. The van der Waals surface area contributed by atoms with Crippen LogP contribution in [0, 0.1) is 28.9 Å². The Morgan fingerprint density at radius 2 is 1.88 bits per heavy atom. The molecule has 2 aromatic carbocycles. The first-order valence-corrected chi connectivity index (χ1v) is 9.20. The molecule has 0 bridgehead atoms. The van der Waals surface area contributed by atoms with Gasteiger partial charge in [0.05, 0.1) is 22.1 Å². The van der Waals surface area contributed by atoms with Gasteiger partial charge in [-0.25, -0.2) is 8.42 Å². The van der Waals surface area contributed by atoms with Gasteiger partial charge in [0.1, 0.15) is 0 Å². The van der Waals surface area contributed by atoms with Crippen LogP contribution >= 0.6 is 0 Å². The van der Waals surface area contributed by atoms with Gasteiger partial charge >= 0.3 is 0 Å². The number of hydrogen-bond donors (Lipinski definition) is 1. The van der Waals surface area contributed by atoms with Crippen molar-refractivity contribution in [3.8, 4) is 11.8 Å². The van der Waals surface area contributed by atoms with Gasteiger partial charge < -0.3 is 4.90 Å². The lowest BCUT2D eigenvalue weighted by Gasteiger charge is -2.13. The molecule has 0 aliphatic rings. The van der Waals surface area contributed by atoms with Crippen molar-refractivity contribution >= 4 is 21.4 Å². The van der Waals surface area contributed by atoms with Crippen molar-refractivity contribution in [2.24, 2.45) is 0 Å². The van der Waals surface area contributed by atoms with Crippen molar-refractivity contribution in [1.82, 2.24) is 4.72 Å². The van der Waals surface area contributed by atoms with Gasteiger partial charge in [-0.2, -0.15) is 4.72 Å². The standard InChI is InChI=1S/C18H19N3O4S/c1-14-10-11-16(21(22)23)13-18(14)26(24,25)19-12-6-8-15-7-4-5-9-17(15)20(2)3/h4-5,7,9-11,13,19H,12H2,1-3H3. The summed E-state index contributed by atoms with van der Waals surface area (Å²) in [6.07, 6.45) is 0. The number of nitrogens with one attached hydrogen (secondary N) is 1. The van der Waals surface area contributed by atoms with Gasteiger partial charge in [0, 0.05) is 31.8 Å². The smallest absolute Gasteiger partial charge is 0.270 e. The third-order valence-corrected chi connectivity index (χ3v) is 5.17. The van der Waals surface area contributed by atoms with E-state index in [-0.39, 0.29) is 17.1 Å². The number of sulfonamides is 1. The average molecular weight is 373 g/mol. The van der Waals surface area contributed by atoms with Crippen molar-refractivity contribution in [2.45, 2.75) is 11.8 Å². The number of para-hydroxylation sites is 1. The van der Waals surface area contributed by atoms with Crippen LogP contribution in [0.15, 0.2) is 47.4 Å². The minimum atomic E-state index is -3.90. The zero-order valence-corrected chi connectivity index (χ0v) is 15.5. The average Bonchev–Trinajstić information content (AvgIpc) is 2.59. The first-order valence-electron chi connectivity index (χ1n) is 7.72. The van der Waals surface area contributed by atoms with Crippen molar-refractivity contribution < 1.29 is 13.3 Å². The minimum absolute atomic E-state index is 0.105. The summed E-state index contributed by atoms with van der Waals surface area (Å²) < 4.78 is 27.2. The van der Waals surface area contributed by atoms with Gasteiger partial charge in [0.25, 0.3) is 5.69 Å². The van der Waals surface area contributed by atoms with Crippen molar-refractivity contribution in [3.63, 3.8) is 0 Å². The van der Waals surface area contributed by atoms with E-state index in [9.17, 15) is 18.5 Å². The fraction of sp³-hybridized carbons (Fsp3) is 0.222. The van der Waals surface area contributed by atoms with E-state index in [4.69, 9.17) is 0 Å². The summed E-state index contributed by atoms with van der Waals surface area (Å²) in [6, 6.07) is 11.2. The van der Waals surface area contributed by atoms with Crippen molar-refractivity contribution in [2.75, 3.05) is 25.5 Å². The molecule has 0 aliphatic carbocycles. The van der Waals surface area contributed by atoms with Gasteiger partial charge in [-0.1, -0.05) is 30.0 Å². The van der Waals surface area contributed by atoms with E-state index in [1.807, 2.05) is 43.3 Å². The van der Waals surface area contributed by atoms with E-state index in [1.165, 1.54) is 12.1 Å². The number of nitrogens with zero attached hydrogens (tertiary/aromatic N) is 2. The first kappa shape index (κ1) is 19.4. The third-order valence-electron chi connectivity index (χ3n) is 3.63. The molecule has 0 heterocycles. The third kappa shape index (κ3) is 4.59. The molecule has 26 heavy (non-hydrogen) atoms. The van der Waals surface area contributed by atoms with Gasteiger partial charge in [0.2, 0.25) is 10.0 Å². The molecule has 136 valence electrons. The van der Waals surface area contributed by atoms with Crippen LogP contribution in [-0.4, -0.2) is 34.0 Å². The van der Waals surface area contributed by atoms with E-state index >= 15 is 0 Å². The Morgan fingerprint density at radius 1 is 1.19 bits per heavy atom. The number of aryl methyl sites for hydroxylation is 1. The van der Waals surface area contributed by atoms with E-state index in [1.54, 1.807) is 6.92 Å². The summed E-state index contributed by atoms with van der Waals surface area (Å²) in [6.45, 7) is 1.48. The molecule has 0 aliphatic heterocycles. The topological polar surface area (TPSA) is 92.5 Å². The van der Waals surface area contributed by atoms with Gasteiger partial charge in [0.15, 0.2) is 0 Å². The van der Waals surface area contributed by atoms with E-state index < -0.39 is 14.9 Å².